The third-order valence-corrected chi connectivity index (χ3v) is 2.79. The number of nitrogens with zero attached hydrogens (tertiary/aromatic N) is 2. The fraction of sp³-hybridized carbons (Fsp3) is 0.286. The summed E-state index contributed by atoms with van der Waals surface area (Å²) < 4.78 is 0. The van der Waals surface area contributed by atoms with E-state index < -0.39 is 0 Å². The first-order valence-electron chi connectivity index (χ1n) is 5.75. The Hall–Kier alpha value is -1.21. The van der Waals surface area contributed by atoms with Crippen LogP contribution in [0.2, 0.25) is 0 Å². The Balaban J connectivity index is 0.00000144. The summed E-state index contributed by atoms with van der Waals surface area (Å²) in [5.74, 6) is 0. The number of aromatic nitrogens is 2. The van der Waals surface area contributed by atoms with Crippen LogP contribution in [0, 0.1) is 0 Å². The molecule has 0 unspecified atom stereocenters. The van der Waals surface area contributed by atoms with Gasteiger partial charge in [-0.15, -0.1) is 0 Å². The third kappa shape index (κ3) is 2.92. The molecule has 0 fully saturated rings. The van der Waals surface area contributed by atoms with Gasteiger partial charge in [-0.3, -0.25) is 9.97 Å². The molecule has 0 spiro atoms. The van der Waals surface area contributed by atoms with Gasteiger partial charge in [-0.2, -0.15) is 0 Å². The van der Waals surface area contributed by atoms with Gasteiger partial charge in [0.15, 0.2) is 0 Å². The second kappa shape index (κ2) is 6.51. The van der Waals surface area contributed by atoms with E-state index in [0.717, 1.165) is 24.2 Å². The number of pyridine rings is 2. The minimum atomic E-state index is 0. The Labute approximate surface area is 112 Å². The summed E-state index contributed by atoms with van der Waals surface area (Å²) in [7, 11) is 0. The Bertz CT molecular complexity index is 469. The average Bonchev–Trinajstić information content (AvgIpc) is 2.38. The molecule has 0 N–H and O–H groups in total. The fourth-order valence-corrected chi connectivity index (χ4v) is 1.98. The van der Waals surface area contributed by atoms with Crippen LogP contribution in [0.25, 0.3) is 11.4 Å². The molecule has 92 valence electrons. The molecule has 0 saturated carbocycles. The van der Waals surface area contributed by atoms with Crippen LogP contribution in [0.1, 0.15) is 25.0 Å². The van der Waals surface area contributed by atoms with Crippen molar-refractivity contribution in [1.29, 1.82) is 0 Å². The van der Waals surface area contributed by atoms with E-state index in [0.29, 0.717) is 0 Å². The zero-order valence-electron chi connectivity index (χ0n) is 10.1. The first-order valence-corrected chi connectivity index (χ1v) is 5.75. The zero-order valence-corrected chi connectivity index (χ0v) is 11.1. The molecule has 0 aromatic carbocycles. The summed E-state index contributed by atoms with van der Waals surface area (Å²) >= 11 is 0. The predicted molar refractivity (Wildman–Crippen MR) is 66.2 cm³/mol. The van der Waals surface area contributed by atoms with E-state index >= 15 is 0 Å². The maximum Gasteiger partial charge on any atom is 0.0920 e. The van der Waals surface area contributed by atoms with E-state index in [2.05, 4.69) is 29.9 Å². The van der Waals surface area contributed by atoms with Crippen molar-refractivity contribution in [2.45, 2.75) is 26.7 Å². The zero-order chi connectivity index (χ0) is 11.4. The summed E-state index contributed by atoms with van der Waals surface area (Å²) in [4.78, 5) is 8.84. The van der Waals surface area contributed by atoms with Crippen molar-refractivity contribution in [3.05, 3.63) is 47.8 Å². The van der Waals surface area contributed by atoms with E-state index in [1.807, 2.05) is 30.6 Å². The van der Waals surface area contributed by atoms with E-state index in [1.165, 1.54) is 11.1 Å². The molecule has 2 heterocycles. The molecule has 0 bridgehead atoms. The topological polar surface area (TPSA) is 25.8 Å². The van der Waals surface area contributed by atoms with E-state index in [1.54, 1.807) is 0 Å². The minimum Gasteiger partial charge on any atom is -0.255 e. The van der Waals surface area contributed by atoms with Crippen LogP contribution in [0.15, 0.2) is 36.7 Å². The fourth-order valence-electron chi connectivity index (χ4n) is 1.98. The number of hydrogen-bond acceptors (Lipinski definition) is 2. The normalized spacial score (nSPS) is 9.76. The van der Waals surface area contributed by atoms with Crippen molar-refractivity contribution < 1.29 is 16.5 Å². The maximum absolute atomic E-state index is 4.47. The van der Waals surface area contributed by atoms with Gasteiger partial charge in [0.05, 0.1) is 11.4 Å². The molecule has 2 rings (SSSR count). The molecule has 0 atom stereocenters. The average molecular weight is 271 g/mol. The van der Waals surface area contributed by atoms with Crippen LogP contribution in [-0.2, 0) is 29.3 Å². The van der Waals surface area contributed by atoms with Gasteiger partial charge in [-0.1, -0.05) is 19.9 Å². The molecule has 3 heteroatoms. The number of hydrogen-bond donors (Lipinski definition) is 0. The SMILES string of the molecule is CCc1ccnc(-c2ccccn2)c1CC.[Ni]. The smallest absolute Gasteiger partial charge is 0.0920 e. The van der Waals surface area contributed by atoms with Crippen LogP contribution in [0.5, 0.6) is 0 Å². The number of aryl methyl sites for hydroxylation is 1. The van der Waals surface area contributed by atoms with Gasteiger partial charge in [0.1, 0.15) is 0 Å². The maximum atomic E-state index is 4.47. The molecule has 2 nitrogen and oxygen atoms in total. The van der Waals surface area contributed by atoms with Crippen LogP contribution >= 0.6 is 0 Å². The molecular weight excluding hydrogens is 255 g/mol. The van der Waals surface area contributed by atoms with Gasteiger partial charge < -0.3 is 0 Å². The molecule has 0 aliphatic rings. The molecule has 0 aliphatic heterocycles. The van der Waals surface area contributed by atoms with E-state index in [4.69, 9.17) is 0 Å². The van der Waals surface area contributed by atoms with Crippen molar-refractivity contribution in [2.24, 2.45) is 0 Å². The third-order valence-electron chi connectivity index (χ3n) is 2.79. The Morgan fingerprint density at radius 3 is 2.35 bits per heavy atom. The predicted octanol–water partition coefficient (Wildman–Crippen LogP) is 3.27. The summed E-state index contributed by atoms with van der Waals surface area (Å²) in [6.07, 6.45) is 5.74. The van der Waals surface area contributed by atoms with Gasteiger partial charge in [0.2, 0.25) is 0 Å². The van der Waals surface area contributed by atoms with Crippen LogP contribution < -0.4 is 0 Å². The molecule has 0 saturated heterocycles. The molecule has 0 aliphatic carbocycles. The Morgan fingerprint density at radius 2 is 1.76 bits per heavy atom. The second-order valence-corrected chi connectivity index (χ2v) is 3.72. The molecular formula is C14H16N2Ni. The van der Waals surface area contributed by atoms with Gasteiger partial charge >= 0.3 is 0 Å². The van der Waals surface area contributed by atoms with Gasteiger partial charge in [-0.05, 0) is 42.2 Å². The van der Waals surface area contributed by atoms with Gasteiger partial charge in [0, 0.05) is 28.9 Å². The first-order chi connectivity index (χ1) is 7.86. The summed E-state index contributed by atoms with van der Waals surface area (Å²) in [5.41, 5.74) is 4.69. The van der Waals surface area contributed by atoms with Crippen LogP contribution in [0.4, 0.5) is 0 Å². The van der Waals surface area contributed by atoms with Gasteiger partial charge in [-0.25, -0.2) is 0 Å². The molecule has 17 heavy (non-hydrogen) atoms. The van der Waals surface area contributed by atoms with Crippen molar-refractivity contribution in [3.63, 3.8) is 0 Å². The summed E-state index contributed by atoms with van der Waals surface area (Å²) in [5, 5.41) is 0. The Kier molecular flexibility index (Phi) is 5.31. The molecule has 0 radical (unpaired) electrons. The van der Waals surface area contributed by atoms with Crippen molar-refractivity contribution in [3.8, 4) is 11.4 Å². The first kappa shape index (κ1) is 13.9. The number of rotatable bonds is 3. The molecule has 0 amide bonds. The standard InChI is InChI=1S/C14H16N2.Ni/c1-3-11-8-10-16-14(12(11)4-2)13-7-5-6-9-15-13;/h5-10H,3-4H2,1-2H3;. The van der Waals surface area contributed by atoms with E-state index in [9.17, 15) is 0 Å². The van der Waals surface area contributed by atoms with Crippen LogP contribution in [0.3, 0.4) is 0 Å². The molecule has 2 aromatic rings. The van der Waals surface area contributed by atoms with Crippen LogP contribution in [-0.4, -0.2) is 9.97 Å². The quantitative estimate of drug-likeness (QED) is 0.800. The summed E-state index contributed by atoms with van der Waals surface area (Å²) in [6, 6.07) is 8.05. The van der Waals surface area contributed by atoms with Crippen molar-refractivity contribution in [2.75, 3.05) is 0 Å². The summed E-state index contributed by atoms with van der Waals surface area (Å²) in [6.45, 7) is 4.35. The van der Waals surface area contributed by atoms with E-state index in [-0.39, 0.29) is 16.5 Å². The second-order valence-electron chi connectivity index (χ2n) is 3.72. The Morgan fingerprint density at radius 1 is 0.941 bits per heavy atom. The monoisotopic (exact) mass is 270 g/mol. The van der Waals surface area contributed by atoms with Crippen molar-refractivity contribution >= 4 is 0 Å². The molecule has 2 aromatic heterocycles. The largest absolute Gasteiger partial charge is 0.255 e. The van der Waals surface area contributed by atoms with Crippen molar-refractivity contribution in [1.82, 2.24) is 9.97 Å². The minimum absolute atomic E-state index is 0. The van der Waals surface area contributed by atoms with Gasteiger partial charge in [0.25, 0.3) is 0 Å².